The maximum atomic E-state index is 12.5. The van der Waals surface area contributed by atoms with Gasteiger partial charge in [0.05, 0.1) is 0 Å². The topological polar surface area (TPSA) is 97.0 Å². The number of aryl methyl sites for hydroxylation is 1. The summed E-state index contributed by atoms with van der Waals surface area (Å²) in [6.07, 6.45) is 0.276. The zero-order valence-corrected chi connectivity index (χ0v) is 14.0. The molecule has 1 saturated heterocycles. The van der Waals surface area contributed by atoms with E-state index in [-0.39, 0.29) is 5.91 Å². The normalized spacial score (nSPS) is 18.3. The smallest absolute Gasteiger partial charge is 0.336 e. The number of hydrogen-bond donors (Lipinski definition) is 1. The Morgan fingerprint density at radius 2 is 2.12 bits per heavy atom. The molecule has 1 fully saturated rings. The number of likely N-dealkylation sites (tertiary alicyclic amines) is 1. The van der Waals surface area contributed by atoms with E-state index in [1.165, 1.54) is 11.0 Å². The fourth-order valence-corrected chi connectivity index (χ4v) is 3.15. The Morgan fingerprint density at radius 1 is 1.36 bits per heavy atom. The molecule has 1 unspecified atom stereocenters. The van der Waals surface area contributed by atoms with E-state index in [1.54, 1.807) is 25.1 Å². The summed E-state index contributed by atoms with van der Waals surface area (Å²) in [4.78, 5) is 36.6. The van der Waals surface area contributed by atoms with Gasteiger partial charge in [-0.05, 0) is 44.4 Å². The van der Waals surface area contributed by atoms with Gasteiger partial charge >= 0.3 is 11.6 Å². The number of carboxylic acid groups (broad SMARTS) is 1. The Labute approximate surface area is 143 Å². The number of carbonyl (C=O) groups excluding carboxylic acids is 1. The van der Waals surface area contributed by atoms with Crippen molar-refractivity contribution < 1.29 is 23.8 Å². The molecule has 7 nitrogen and oxygen atoms in total. The Kier molecular flexibility index (Phi) is 4.48. The molecule has 0 bridgehead atoms. The van der Waals surface area contributed by atoms with Crippen LogP contribution in [0.1, 0.15) is 25.3 Å². The largest absolute Gasteiger partial charge is 0.481 e. The van der Waals surface area contributed by atoms with Gasteiger partial charge in [-0.2, -0.15) is 0 Å². The Hall–Kier alpha value is -2.83. The van der Waals surface area contributed by atoms with Crippen LogP contribution in [0.3, 0.4) is 0 Å². The molecule has 7 heteroatoms. The average molecular weight is 345 g/mol. The van der Waals surface area contributed by atoms with E-state index in [1.807, 2.05) is 6.92 Å². The molecule has 25 heavy (non-hydrogen) atoms. The van der Waals surface area contributed by atoms with Crippen LogP contribution in [0.25, 0.3) is 11.0 Å². The molecule has 1 aliphatic rings. The fourth-order valence-electron chi connectivity index (χ4n) is 3.15. The summed E-state index contributed by atoms with van der Waals surface area (Å²) in [5.74, 6) is -0.982. The number of ether oxygens (including phenoxy) is 1. The molecule has 2 heterocycles. The first-order valence-electron chi connectivity index (χ1n) is 8.11. The molecular formula is C18H19NO6. The van der Waals surface area contributed by atoms with Crippen molar-refractivity contribution in [2.45, 2.75) is 38.8 Å². The second-order valence-corrected chi connectivity index (χ2v) is 6.19. The highest BCUT2D eigenvalue weighted by Crippen LogP contribution is 2.24. The Bertz CT molecular complexity index is 887. The summed E-state index contributed by atoms with van der Waals surface area (Å²) in [7, 11) is 0. The third-order valence-corrected chi connectivity index (χ3v) is 4.40. The molecule has 132 valence electrons. The monoisotopic (exact) mass is 345 g/mol. The molecule has 2 aromatic rings. The van der Waals surface area contributed by atoms with Crippen LogP contribution in [0, 0.1) is 6.92 Å². The summed E-state index contributed by atoms with van der Waals surface area (Å²) in [6, 6.07) is 5.63. The minimum Gasteiger partial charge on any atom is -0.481 e. The van der Waals surface area contributed by atoms with Gasteiger partial charge < -0.3 is 19.2 Å². The van der Waals surface area contributed by atoms with Crippen LogP contribution in [0.5, 0.6) is 5.75 Å². The van der Waals surface area contributed by atoms with E-state index in [9.17, 15) is 19.5 Å². The number of aliphatic carboxylic acids is 1. The van der Waals surface area contributed by atoms with Crippen molar-refractivity contribution in [3.05, 3.63) is 40.2 Å². The van der Waals surface area contributed by atoms with Crippen molar-refractivity contribution in [3.63, 3.8) is 0 Å². The van der Waals surface area contributed by atoms with Crippen LogP contribution < -0.4 is 10.4 Å². The van der Waals surface area contributed by atoms with Crippen LogP contribution >= 0.6 is 0 Å². The molecule has 1 amide bonds. The minimum absolute atomic E-state index is 0.365. The Morgan fingerprint density at radius 3 is 2.84 bits per heavy atom. The van der Waals surface area contributed by atoms with Crippen molar-refractivity contribution in [3.8, 4) is 5.75 Å². The molecule has 1 aromatic heterocycles. The lowest BCUT2D eigenvalue weighted by Gasteiger charge is -2.25. The second kappa shape index (κ2) is 6.58. The number of carboxylic acids is 1. The molecule has 0 saturated carbocycles. The second-order valence-electron chi connectivity index (χ2n) is 6.19. The number of amides is 1. The summed E-state index contributed by atoms with van der Waals surface area (Å²) >= 11 is 0. The van der Waals surface area contributed by atoms with Crippen LogP contribution in [0.15, 0.2) is 33.5 Å². The first-order valence-corrected chi connectivity index (χ1v) is 8.11. The zero-order chi connectivity index (χ0) is 18.1. The van der Waals surface area contributed by atoms with Gasteiger partial charge in [-0.1, -0.05) is 0 Å². The number of fused-ring (bicyclic) bond motifs is 1. The standard InChI is InChI=1S/C18H19NO6/c1-10-8-16(20)25-15-9-12(5-6-13(10)15)24-11(2)17(21)19-7-3-4-14(19)18(22)23/h5-6,8-9,11,14H,3-4,7H2,1-2H3,(H,22,23)/t11?,14-/m0/s1. The minimum atomic E-state index is -0.999. The van der Waals surface area contributed by atoms with Crippen molar-refractivity contribution in [1.29, 1.82) is 0 Å². The van der Waals surface area contributed by atoms with Gasteiger partial charge in [-0.3, -0.25) is 4.79 Å². The van der Waals surface area contributed by atoms with E-state index >= 15 is 0 Å². The highest BCUT2D eigenvalue weighted by molar-refractivity contribution is 5.87. The van der Waals surface area contributed by atoms with Crippen molar-refractivity contribution in [2.75, 3.05) is 6.54 Å². The highest BCUT2D eigenvalue weighted by Gasteiger charge is 2.36. The van der Waals surface area contributed by atoms with E-state index in [2.05, 4.69) is 0 Å². The molecule has 0 radical (unpaired) electrons. The molecule has 1 aromatic carbocycles. The first kappa shape index (κ1) is 17.0. The predicted molar refractivity (Wildman–Crippen MR) is 89.7 cm³/mol. The van der Waals surface area contributed by atoms with Gasteiger partial charge in [0.25, 0.3) is 5.91 Å². The van der Waals surface area contributed by atoms with Crippen LogP contribution in [-0.4, -0.2) is 40.6 Å². The Balaban J connectivity index is 1.79. The number of carbonyl (C=O) groups is 2. The summed E-state index contributed by atoms with van der Waals surface area (Å²) in [5, 5.41) is 9.99. The van der Waals surface area contributed by atoms with Gasteiger partial charge in [0.2, 0.25) is 0 Å². The SMILES string of the molecule is Cc1cc(=O)oc2cc(OC(C)C(=O)N3CCC[C@H]3C(=O)O)ccc12. The summed E-state index contributed by atoms with van der Waals surface area (Å²) in [5.41, 5.74) is 0.725. The lowest BCUT2D eigenvalue weighted by atomic mass is 10.1. The van der Waals surface area contributed by atoms with E-state index in [0.29, 0.717) is 30.7 Å². The van der Waals surface area contributed by atoms with Crippen molar-refractivity contribution in [2.24, 2.45) is 0 Å². The highest BCUT2D eigenvalue weighted by atomic mass is 16.5. The summed E-state index contributed by atoms with van der Waals surface area (Å²) < 4.78 is 10.8. The number of benzene rings is 1. The third-order valence-electron chi connectivity index (χ3n) is 4.40. The quantitative estimate of drug-likeness (QED) is 0.851. The zero-order valence-electron chi connectivity index (χ0n) is 14.0. The maximum absolute atomic E-state index is 12.5. The lowest BCUT2D eigenvalue weighted by Crippen LogP contribution is -2.46. The van der Waals surface area contributed by atoms with Gasteiger partial charge in [0.15, 0.2) is 6.10 Å². The third kappa shape index (κ3) is 3.35. The molecular weight excluding hydrogens is 326 g/mol. The van der Waals surface area contributed by atoms with Gasteiger partial charge in [0.1, 0.15) is 17.4 Å². The molecule has 0 spiro atoms. The van der Waals surface area contributed by atoms with Crippen LogP contribution in [0.4, 0.5) is 0 Å². The van der Waals surface area contributed by atoms with E-state index < -0.39 is 23.7 Å². The first-order chi connectivity index (χ1) is 11.9. The molecule has 1 N–H and O–H groups in total. The van der Waals surface area contributed by atoms with Crippen molar-refractivity contribution >= 4 is 22.8 Å². The summed E-state index contributed by atoms with van der Waals surface area (Å²) in [6.45, 7) is 3.80. The molecule has 1 aliphatic heterocycles. The van der Waals surface area contributed by atoms with E-state index in [4.69, 9.17) is 9.15 Å². The number of rotatable bonds is 4. The lowest BCUT2D eigenvalue weighted by molar-refractivity contribution is -0.150. The fraction of sp³-hybridized carbons (Fsp3) is 0.389. The van der Waals surface area contributed by atoms with Crippen LogP contribution in [-0.2, 0) is 9.59 Å². The van der Waals surface area contributed by atoms with Gasteiger partial charge in [0, 0.05) is 24.1 Å². The average Bonchev–Trinajstić information content (AvgIpc) is 3.03. The molecule has 3 rings (SSSR count). The molecule has 0 aliphatic carbocycles. The predicted octanol–water partition coefficient (Wildman–Crippen LogP) is 1.94. The van der Waals surface area contributed by atoms with Crippen molar-refractivity contribution in [1.82, 2.24) is 4.90 Å². The maximum Gasteiger partial charge on any atom is 0.336 e. The van der Waals surface area contributed by atoms with E-state index in [0.717, 1.165) is 10.9 Å². The van der Waals surface area contributed by atoms with Gasteiger partial charge in [-0.15, -0.1) is 0 Å². The molecule has 2 atom stereocenters. The number of hydrogen-bond acceptors (Lipinski definition) is 5. The van der Waals surface area contributed by atoms with Crippen LogP contribution in [0.2, 0.25) is 0 Å². The number of nitrogens with zero attached hydrogens (tertiary/aromatic N) is 1. The van der Waals surface area contributed by atoms with Gasteiger partial charge in [-0.25, -0.2) is 9.59 Å².